The average molecular weight is 710 g/mol. The van der Waals surface area contributed by atoms with Gasteiger partial charge in [0, 0.05) is 59.3 Å². The number of hydrazine groups is 1. The number of carbonyl (C=O) groups is 3. The Kier molecular flexibility index (Phi) is 25.1. The number of benzene rings is 2. The molecule has 6 N–H and O–H groups in total. The lowest BCUT2D eigenvalue weighted by Gasteiger charge is -2.41. The fourth-order valence-corrected chi connectivity index (χ4v) is 5.57. The fourth-order valence-electron chi connectivity index (χ4n) is 5.57. The first kappa shape index (κ1) is 48.6. The maximum atomic E-state index is 12.9. The molecule has 3 rings (SSSR count). The van der Waals surface area contributed by atoms with Crippen LogP contribution < -0.4 is 22.4 Å². The number of nitrogens with zero attached hydrogens (tertiary/aromatic N) is 5. The zero-order valence-electron chi connectivity index (χ0n) is 33.7. The third-order valence-electron chi connectivity index (χ3n) is 7.85. The van der Waals surface area contributed by atoms with Crippen molar-refractivity contribution in [2.75, 3.05) is 54.9 Å². The molecule has 286 valence electrons. The molecule has 0 atom stereocenters. The number of hydrazone groups is 1. The molecule has 51 heavy (non-hydrogen) atoms. The highest BCUT2D eigenvalue weighted by atomic mass is 16.2. The normalized spacial score (nSPS) is 11.7. The van der Waals surface area contributed by atoms with Crippen molar-refractivity contribution in [3.05, 3.63) is 69.8 Å². The third-order valence-corrected chi connectivity index (χ3v) is 7.85. The molecule has 0 saturated heterocycles. The Labute approximate surface area is 308 Å². The number of rotatable bonds is 13. The standard InChI is InChI=1S/C31H43N9O3.4C2H6/c1-38(2)28(42)21-9-11-25-23(17-21)19-24-18-22(29(43)39(3)4)10-12-26(24)31(25,30(33)36-37-34)13-15-35-20-27(41)40(5)16-8-6-7-14-32;4*1-2/h9-12,17-18,35,37H,6-8,13,15-16,19-20,34H2,1-5H3,(H2,33,36);4*1-2H3. The van der Waals surface area contributed by atoms with Gasteiger partial charge in [0.25, 0.3) is 11.8 Å². The maximum absolute atomic E-state index is 12.9. The summed E-state index contributed by atoms with van der Waals surface area (Å²) in [6.07, 6.45) is 2.90. The first-order valence-electron chi connectivity index (χ1n) is 18.3. The number of nitrogens with two attached hydrogens (primary N) is 2. The van der Waals surface area contributed by atoms with Crippen molar-refractivity contribution in [3.8, 4) is 6.07 Å². The highest BCUT2D eigenvalue weighted by Crippen LogP contribution is 2.45. The molecule has 0 bridgehead atoms. The Hall–Kier alpha value is -4.47. The molecule has 0 aromatic heterocycles. The van der Waals surface area contributed by atoms with E-state index in [9.17, 15) is 14.4 Å². The summed E-state index contributed by atoms with van der Waals surface area (Å²) in [7, 11) is 8.56. The Morgan fingerprint density at radius 2 is 1.29 bits per heavy atom. The molecule has 12 nitrogen and oxygen atoms in total. The number of amidine groups is 1. The summed E-state index contributed by atoms with van der Waals surface area (Å²) < 4.78 is 0. The summed E-state index contributed by atoms with van der Waals surface area (Å²) in [5.74, 6) is 5.53. The highest BCUT2D eigenvalue weighted by Gasteiger charge is 2.44. The van der Waals surface area contributed by atoms with E-state index < -0.39 is 5.41 Å². The van der Waals surface area contributed by atoms with Crippen LogP contribution in [0.4, 0.5) is 0 Å². The lowest BCUT2D eigenvalue weighted by Crippen LogP contribution is -2.49. The Balaban J connectivity index is 0. The first-order chi connectivity index (χ1) is 24.5. The second kappa shape index (κ2) is 26.4. The van der Waals surface area contributed by atoms with E-state index in [1.165, 1.54) is 9.80 Å². The molecule has 0 heterocycles. The van der Waals surface area contributed by atoms with Crippen LogP contribution in [0.1, 0.15) is 124 Å². The van der Waals surface area contributed by atoms with Crippen LogP contribution in [0.15, 0.2) is 41.5 Å². The number of hydrogen-bond donors (Lipinski definition) is 4. The van der Waals surface area contributed by atoms with Crippen LogP contribution >= 0.6 is 0 Å². The molecule has 0 fully saturated rings. The van der Waals surface area contributed by atoms with Crippen molar-refractivity contribution in [2.45, 2.75) is 92.9 Å². The summed E-state index contributed by atoms with van der Waals surface area (Å²) >= 11 is 0. The van der Waals surface area contributed by atoms with Crippen molar-refractivity contribution in [1.82, 2.24) is 25.6 Å². The summed E-state index contributed by atoms with van der Waals surface area (Å²) in [4.78, 5) is 43.2. The topological polar surface area (TPSA) is 173 Å². The summed E-state index contributed by atoms with van der Waals surface area (Å²) in [5, 5.41) is 16.2. The van der Waals surface area contributed by atoms with E-state index in [0.717, 1.165) is 35.1 Å². The summed E-state index contributed by atoms with van der Waals surface area (Å²) in [6.45, 7) is 17.1. The van der Waals surface area contributed by atoms with Gasteiger partial charge in [0.15, 0.2) is 0 Å². The van der Waals surface area contributed by atoms with Gasteiger partial charge < -0.3 is 25.8 Å². The van der Waals surface area contributed by atoms with Crippen molar-refractivity contribution < 1.29 is 14.4 Å². The van der Waals surface area contributed by atoms with Crippen LogP contribution in [0.3, 0.4) is 0 Å². The van der Waals surface area contributed by atoms with Crippen LogP contribution in [-0.4, -0.2) is 93.1 Å². The number of nitriles is 1. The van der Waals surface area contributed by atoms with E-state index >= 15 is 0 Å². The highest BCUT2D eigenvalue weighted by molar-refractivity contribution is 5.99. The van der Waals surface area contributed by atoms with Gasteiger partial charge in [-0.2, -0.15) is 10.4 Å². The van der Waals surface area contributed by atoms with Gasteiger partial charge in [0.2, 0.25) is 5.91 Å². The Morgan fingerprint density at radius 3 is 1.71 bits per heavy atom. The molecular formula is C39H67N9O3. The van der Waals surface area contributed by atoms with Crippen LogP contribution in [-0.2, 0) is 16.6 Å². The van der Waals surface area contributed by atoms with E-state index in [-0.39, 0.29) is 30.1 Å². The molecule has 2 aromatic carbocycles. The Bertz CT molecular complexity index is 1350. The van der Waals surface area contributed by atoms with Gasteiger partial charge >= 0.3 is 0 Å². The first-order valence-corrected chi connectivity index (χ1v) is 18.3. The minimum atomic E-state index is -0.964. The monoisotopic (exact) mass is 710 g/mol. The van der Waals surface area contributed by atoms with Crippen molar-refractivity contribution in [3.63, 3.8) is 0 Å². The number of unbranched alkanes of at least 4 members (excludes halogenated alkanes) is 2. The molecule has 3 amide bonds. The van der Waals surface area contributed by atoms with Gasteiger partial charge in [0.1, 0.15) is 5.84 Å². The quantitative estimate of drug-likeness (QED) is 0.0718. The molecule has 1 aliphatic carbocycles. The molecular weight excluding hydrogens is 642 g/mol. The third kappa shape index (κ3) is 13.3. The molecule has 0 unspecified atom stereocenters. The zero-order chi connectivity index (χ0) is 39.7. The van der Waals surface area contributed by atoms with E-state index in [1.54, 1.807) is 52.3 Å². The minimum absolute atomic E-state index is 0.0561. The lowest BCUT2D eigenvalue weighted by molar-refractivity contribution is -0.129. The molecule has 2 aromatic rings. The van der Waals surface area contributed by atoms with Crippen LogP contribution in [0, 0.1) is 11.3 Å². The Morgan fingerprint density at radius 1 is 0.824 bits per heavy atom. The number of amides is 3. The van der Waals surface area contributed by atoms with Crippen molar-refractivity contribution in [1.29, 1.82) is 5.26 Å². The number of fused-ring (bicyclic) bond motifs is 2. The minimum Gasteiger partial charge on any atom is -0.385 e. The van der Waals surface area contributed by atoms with Crippen LogP contribution in [0.25, 0.3) is 0 Å². The van der Waals surface area contributed by atoms with Crippen LogP contribution in [0.5, 0.6) is 0 Å². The predicted octanol–water partition coefficient (Wildman–Crippen LogP) is 5.25. The van der Waals surface area contributed by atoms with Crippen molar-refractivity contribution in [2.24, 2.45) is 16.7 Å². The van der Waals surface area contributed by atoms with Gasteiger partial charge in [-0.15, -0.1) is 0 Å². The summed E-state index contributed by atoms with van der Waals surface area (Å²) in [5.41, 5.74) is 12.7. The number of carbonyl (C=O) groups excluding carboxylic acids is 3. The molecule has 0 radical (unpaired) electrons. The largest absolute Gasteiger partial charge is 0.385 e. The second-order valence-electron chi connectivity index (χ2n) is 11.2. The molecule has 1 aliphatic rings. The molecule has 0 saturated carbocycles. The molecule has 12 heteroatoms. The lowest BCUT2D eigenvalue weighted by atomic mass is 9.63. The molecule has 0 spiro atoms. The van der Waals surface area contributed by atoms with Crippen molar-refractivity contribution >= 4 is 23.6 Å². The second-order valence-corrected chi connectivity index (χ2v) is 11.2. The van der Waals surface area contributed by atoms with Gasteiger partial charge in [-0.1, -0.05) is 67.5 Å². The number of nitrogens with one attached hydrogen (secondary N) is 2. The van der Waals surface area contributed by atoms with E-state index in [0.29, 0.717) is 43.5 Å². The van der Waals surface area contributed by atoms with Gasteiger partial charge in [-0.3, -0.25) is 14.4 Å². The smallest absolute Gasteiger partial charge is 0.253 e. The van der Waals surface area contributed by atoms with Crippen LogP contribution in [0.2, 0.25) is 0 Å². The van der Waals surface area contributed by atoms with E-state index in [4.69, 9.17) is 16.8 Å². The van der Waals surface area contributed by atoms with Gasteiger partial charge in [-0.05, 0) is 78.7 Å². The van der Waals surface area contributed by atoms with Gasteiger partial charge in [-0.25, -0.2) is 11.4 Å². The van der Waals surface area contributed by atoms with Gasteiger partial charge in [0.05, 0.1) is 18.0 Å². The predicted molar refractivity (Wildman–Crippen MR) is 211 cm³/mol. The SMILES string of the molecule is CC.CC.CC.CC.CN(C)C(=O)c1ccc2c(c1)Cc1cc(C(=O)N(C)C)ccc1C2(CCNCC(=O)N(C)CCCCC#N)/C(N)=N/NN. The number of likely N-dealkylation sites (N-methyl/N-ethyl adjacent to an activating group) is 1. The number of hydrogen-bond acceptors (Lipinski definition) is 8. The average Bonchev–Trinajstić information content (AvgIpc) is 3.16. The molecule has 0 aliphatic heterocycles. The summed E-state index contributed by atoms with van der Waals surface area (Å²) in [6, 6.07) is 13.3. The zero-order valence-corrected chi connectivity index (χ0v) is 33.7. The van der Waals surface area contributed by atoms with E-state index in [1.807, 2.05) is 79.7 Å². The van der Waals surface area contributed by atoms with E-state index in [2.05, 4.69) is 22.0 Å². The maximum Gasteiger partial charge on any atom is 0.253 e. The fraction of sp³-hybridized carbons (Fsp3) is 0.564.